The molecule has 27 heavy (non-hydrogen) atoms. The lowest BCUT2D eigenvalue weighted by atomic mass is 10.1. The van der Waals surface area contributed by atoms with Gasteiger partial charge in [0.15, 0.2) is 0 Å². The normalized spacial score (nSPS) is 10.5. The van der Waals surface area contributed by atoms with Gasteiger partial charge in [-0.05, 0) is 25.0 Å². The molecule has 2 amide bonds. The standard InChI is InChI=1S/C20H24N2O5/c1-14-18(20(25)26)11-17(27-14)12-21(3)19(24)13-22(15(2)23)10-9-16-7-5-4-6-8-16/h4-8,11H,9-10,12-13H2,1-3H3,(H,25,26). The number of nitrogens with zero attached hydrogens (tertiary/aromatic N) is 2. The van der Waals surface area contributed by atoms with Crippen molar-refractivity contribution in [2.24, 2.45) is 0 Å². The zero-order valence-corrected chi connectivity index (χ0v) is 15.8. The molecular weight excluding hydrogens is 348 g/mol. The van der Waals surface area contributed by atoms with Gasteiger partial charge >= 0.3 is 5.97 Å². The fourth-order valence-corrected chi connectivity index (χ4v) is 2.70. The van der Waals surface area contributed by atoms with Crippen molar-refractivity contribution in [2.75, 3.05) is 20.1 Å². The molecule has 144 valence electrons. The Balaban J connectivity index is 1.94. The van der Waals surface area contributed by atoms with Gasteiger partial charge in [0.1, 0.15) is 17.1 Å². The van der Waals surface area contributed by atoms with Crippen LogP contribution in [0.2, 0.25) is 0 Å². The molecule has 1 heterocycles. The highest BCUT2D eigenvalue weighted by Crippen LogP contribution is 2.16. The first-order valence-electron chi connectivity index (χ1n) is 8.64. The molecule has 0 unspecified atom stereocenters. The fraction of sp³-hybridized carbons (Fsp3) is 0.350. The summed E-state index contributed by atoms with van der Waals surface area (Å²) in [4.78, 5) is 38.3. The monoisotopic (exact) mass is 372 g/mol. The van der Waals surface area contributed by atoms with Gasteiger partial charge in [0.25, 0.3) is 0 Å². The zero-order chi connectivity index (χ0) is 20.0. The lowest BCUT2D eigenvalue weighted by molar-refractivity contribution is -0.139. The summed E-state index contributed by atoms with van der Waals surface area (Å²) in [5.74, 6) is -0.801. The maximum absolute atomic E-state index is 12.5. The van der Waals surface area contributed by atoms with Crippen molar-refractivity contribution in [3.05, 3.63) is 59.0 Å². The van der Waals surface area contributed by atoms with Crippen LogP contribution in [0.4, 0.5) is 0 Å². The van der Waals surface area contributed by atoms with Crippen molar-refractivity contribution in [3.63, 3.8) is 0 Å². The lowest BCUT2D eigenvalue weighted by Crippen LogP contribution is -2.41. The van der Waals surface area contributed by atoms with E-state index < -0.39 is 5.97 Å². The summed E-state index contributed by atoms with van der Waals surface area (Å²) in [5.41, 5.74) is 1.18. The molecule has 0 aliphatic carbocycles. The Morgan fingerprint density at radius 1 is 1.15 bits per heavy atom. The Morgan fingerprint density at radius 2 is 1.81 bits per heavy atom. The van der Waals surface area contributed by atoms with Crippen LogP contribution in [0.25, 0.3) is 0 Å². The third-order valence-corrected chi connectivity index (χ3v) is 4.30. The molecule has 1 N–H and O–H groups in total. The molecule has 7 nitrogen and oxygen atoms in total. The fourth-order valence-electron chi connectivity index (χ4n) is 2.70. The van der Waals surface area contributed by atoms with E-state index in [1.807, 2.05) is 30.3 Å². The molecular formula is C20H24N2O5. The Morgan fingerprint density at radius 3 is 2.37 bits per heavy atom. The molecule has 0 aliphatic heterocycles. The van der Waals surface area contributed by atoms with E-state index in [0.29, 0.717) is 24.5 Å². The van der Waals surface area contributed by atoms with Crippen molar-refractivity contribution in [1.29, 1.82) is 0 Å². The van der Waals surface area contributed by atoms with Crippen LogP contribution in [0, 0.1) is 6.92 Å². The molecule has 2 aromatic rings. The number of likely N-dealkylation sites (N-methyl/N-ethyl adjacent to an activating group) is 1. The van der Waals surface area contributed by atoms with Crippen LogP contribution in [-0.4, -0.2) is 52.8 Å². The second-order valence-corrected chi connectivity index (χ2v) is 6.41. The van der Waals surface area contributed by atoms with Crippen LogP contribution in [0.1, 0.15) is 34.4 Å². The number of aryl methyl sites for hydroxylation is 1. The number of carbonyl (C=O) groups is 3. The van der Waals surface area contributed by atoms with E-state index in [-0.39, 0.29) is 30.5 Å². The van der Waals surface area contributed by atoms with Gasteiger partial charge in [-0.2, -0.15) is 0 Å². The number of aromatic carboxylic acids is 1. The lowest BCUT2D eigenvalue weighted by Gasteiger charge is -2.24. The SMILES string of the molecule is CC(=O)N(CCc1ccccc1)CC(=O)N(C)Cc1cc(C(=O)O)c(C)o1. The predicted octanol–water partition coefficient (Wildman–Crippen LogP) is 2.34. The van der Waals surface area contributed by atoms with Gasteiger partial charge in [-0.1, -0.05) is 30.3 Å². The molecule has 0 fully saturated rings. The van der Waals surface area contributed by atoms with E-state index in [1.54, 1.807) is 14.0 Å². The molecule has 0 saturated carbocycles. The number of hydrogen-bond donors (Lipinski definition) is 1. The van der Waals surface area contributed by atoms with Gasteiger partial charge in [-0.3, -0.25) is 9.59 Å². The van der Waals surface area contributed by atoms with Gasteiger partial charge in [0.2, 0.25) is 11.8 Å². The van der Waals surface area contributed by atoms with Crippen molar-refractivity contribution >= 4 is 17.8 Å². The largest absolute Gasteiger partial charge is 0.478 e. The number of carboxylic acids is 1. The van der Waals surface area contributed by atoms with Gasteiger partial charge in [0, 0.05) is 20.5 Å². The van der Waals surface area contributed by atoms with E-state index in [2.05, 4.69) is 0 Å². The Labute approximate surface area is 158 Å². The minimum absolute atomic E-state index is 0.0376. The average Bonchev–Trinajstić information content (AvgIpc) is 2.99. The van der Waals surface area contributed by atoms with Crippen molar-refractivity contribution in [2.45, 2.75) is 26.8 Å². The molecule has 1 aromatic heterocycles. The smallest absolute Gasteiger partial charge is 0.339 e. The number of benzene rings is 1. The van der Waals surface area contributed by atoms with Crippen LogP contribution in [0.5, 0.6) is 0 Å². The third-order valence-electron chi connectivity index (χ3n) is 4.30. The van der Waals surface area contributed by atoms with E-state index in [4.69, 9.17) is 9.52 Å². The van der Waals surface area contributed by atoms with E-state index in [9.17, 15) is 14.4 Å². The highest BCUT2D eigenvalue weighted by molar-refractivity contribution is 5.89. The Bertz CT molecular complexity index is 813. The maximum Gasteiger partial charge on any atom is 0.339 e. The summed E-state index contributed by atoms with van der Waals surface area (Å²) in [6.45, 7) is 3.55. The summed E-state index contributed by atoms with van der Waals surface area (Å²) >= 11 is 0. The molecule has 0 atom stereocenters. The van der Waals surface area contributed by atoms with Crippen LogP contribution < -0.4 is 0 Å². The number of carbonyl (C=O) groups excluding carboxylic acids is 2. The molecule has 7 heteroatoms. The summed E-state index contributed by atoms with van der Waals surface area (Å²) in [6.07, 6.45) is 0.663. The van der Waals surface area contributed by atoms with Gasteiger partial charge in [-0.25, -0.2) is 4.79 Å². The van der Waals surface area contributed by atoms with Gasteiger partial charge in [0.05, 0.1) is 13.1 Å². The van der Waals surface area contributed by atoms with Crippen molar-refractivity contribution in [1.82, 2.24) is 9.80 Å². The Kier molecular flexibility index (Phi) is 6.76. The number of carboxylic acid groups (broad SMARTS) is 1. The Hall–Kier alpha value is -3.09. The first kappa shape index (κ1) is 20.2. The second-order valence-electron chi connectivity index (χ2n) is 6.41. The highest BCUT2D eigenvalue weighted by atomic mass is 16.4. The topological polar surface area (TPSA) is 91.1 Å². The zero-order valence-electron chi connectivity index (χ0n) is 15.8. The summed E-state index contributed by atoms with van der Waals surface area (Å²) in [7, 11) is 1.59. The quantitative estimate of drug-likeness (QED) is 0.768. The third kappa shape index (κ3) is 5.70. The number of furan rings is 1. The van der Waals surface area contributed by atoms with E-state index >= 15 is 0 Å². The summed E-state index contributed by atoms with van der Waals surface area (Å²) < 4.78 is 5.40. The molecule has 0 bridgehead atoms. The molecule has 0 spiro atoms. The number of rotatable bonds is 8. The van der Waals surface area contributed by atoms with E-state index in [0.717, 1.165) is 5.56 Å². The number of amides is 2. The summed E-state index contributed by atoms with van der Waals surface area (Å²) in [5, 5.41) is 9.07. The minimum Gasteiger partial charge on any atom is -0.478 e. The highest BCUT2D eigenvalue weighted by Gasteiger charge is 2.20. The molecule has 2 rings (SSSR count). The maximum atomic E-state index is 12.5. The van der Waals surface area contributed by atoms with Crippen LogP contribution in [0.3, 0.4) is 0 Å². The molecule has 1 aromatic carbocycles. The van der Waals surface area contributed by atoms with Crippen LogP contribution >= 0.6 is 0 Å². The molecule has 0 saturated heterocycles. The van der Waals surface area contributed by atoms with Crippen molar-refractivity contribution in [3.8, 4) is 0 Å². The minimum atomic E-state index is -1.07. The van der Waals surface area contributed by atoms with Crippen LogP contribution in [-0.2, 0) is 22.6 Å². The first-order chi connectivity index (χ1) is 12.8. The number of hydrogen-bond acceptors (Lipinski definition) is 4. The van der Waals surface area contributed by atoms with Crippen LogP contribution in [0.15, 0.2) is 40.8 Å². The first-order valence-corrected chi connectivity index (χ1v) is 8.64. The summed E-state index contributed by atoms with van der Waals surface area (Å²) in [6, 6.07) is 11.2. The average molecular weight is 372 g/mol. The molecule has 0 radical (unpaired) electrons. The second kappa shape index (κ2) is 9.02. The van der Waals surface area contributed by atoms with Gasteiger partial charge < -0.3 is 19.3 Å². The predicted molar refractivity (Wildman–Crippen MR) is 99.3 cm³/mol. The van der Waals surface area contributed by atoms with Crippen molar-refractivity contribution < 1.29 is 23.9 Å². The molecule has 0 aliphatic rings. The van der Waals surface area contributed by atoms with Gasteiger partial charge in [-0.15, -0.1) is 0 Å². The van der Waals surface area contributed by atoms with E-state index in [1.165, 1.54) is 22.8 Å².